The molecular formula is C19H16BrFN2O4S. The van der Waals surface area contributed by atoms with Gasteiger partial charge in [0.05, 0.1) is 0 Å². The van der Waals surface area contributed by atoms with E-state index in [9.17, 15) is 4.39 Å². The van der Waals surface area contributed by atoms with Crippen LogP contribution in [0.5, 0.6) is 17.2 Å². The van der Waals surface area contributed by atoms with E-state index in [1.165, 1.54) is 17.8 Å². The fourth-order valence-corrected chi connectivity index (χ4v) is 3.99. The Kier molecular flexibility index (Phi) is 5.72. The summed E-state index contributed by atoms with van der Waals surface area (Å²) in [5.74, 6) is 2.04. The van der Waals surface area contributed by atoms with Crippen LogP contribution in [0.25, 0.3) is 0 Å². The van der Waals surface area contributed by atoms with E-state index >= 15 is 0 Å². The van der Waals surface area contributed by atoms with Crippen molar-refractivity contribution in [1.29, 1.82) is 0 Å². The number of fused-ring (bicyclic) bond motifs is 1. The zero-order chi connectivity index (χ0) is 19.5. The molecule has 28 heavy (non-hydrogen) atoms. The summed E-state index contributed by atoms with van der Waals surface area (Å²) in [6.07, 6.45) is -0.570. The normalized spacial score (nSPS) is 14.0. The number of ether oxygens (including phenoxy) is 3. The summed E-state index contributed by atoms with van der Waals surface area (Å²) in [4.78, 5) is 0. The minimum atomic E-state index is -0.570. The van der Waals surface area contributed by atoms with Crippen molar-refractivity contribution < 1.29 is 23.0 Å². The van der Waals surface area contributed by atoms with Crippen LogP contribution in [-0.2, 0) is 5.75 Å². The molecule has 6 nitrogen and oxygen atoms in total. The van der Waals surface area contributed by atoms with E-state index in [0.717, 1.165) is 21.5 Å². The summed E-state index contributed by atoms with van der Waals surface area (Å²) in [6.45, 7) is 2.81. The lowest BCUT2D eigenvalue weighted by molar-refractivity contribution is 0.171. The molecule has 0 amide bonds. The van der Waals surface area contributed by atoms with Crippen molar-refractivity contribution in [2.24, 2.45) is 0 Å². The van der Waals surface area contributed by atoms with E-state index in [4.69, 9.17) is 18.6 Å². The molecule has 0 saturated carbocycles. The number of thioether (sulfide) groups is 1. The predicted molar refractivity (Wildman–Crippen MR) is 104 cm³/mol. The van der Waals surface area contributed by atoms with Gasteiger partial charge in [-0.3, -0.25) is 0 Å². The van der Waals surface area contributed by atoms with Crippen LogP contribution in [0.4, 0.5) is 4.39 Å². The van der Waals surface area contributed by atoms with Gasteiger partial charge in [0.15, 0.2) is 29.2 Å². The van der Waals surface area contributed by atoms with Crippen LogP contribution in [0.2, 0.25) is 0 Å². The maximum atomic E-state index is 13.7. The van der Waals surface area contributed by atoms with Gasteiger partial charge in [0.1, 0.15) is 13.2 Å². The fraction of sp³-hybridized carbons (Fsp3) is 0.263. The molecule has 0 fully saturated rings. The number of benzene rings is 2. The van der Waals surface area contributed by atoms with E-state index < -0.39 is 11.9 Å². The van der Waals surface area contributed by atoms with Crippen LogP contribution in [0.1, 0.15) is 24.5 Å². The average molecular weight is 467 g/mol. The topological polar surface area (TPSA) is 66.6 Å². The summed E-state index contributed by atoms with van der Waals surface area (Å²) in [7, 11) is 0. The van der Waals surface area contributed by atoms with E-state index in [0.29, 0.717) is 24.2 Å². The Morgan fingerprint density at radius 2 is 1.93 bits per heavy atom. The summed E-state index contributed by atoms with van der Waals surface area (Å²) in [6, 6.07) is 10.0. The Morgan fingerprint density at radius 1 is 1.18 bits per heavy atom. The predicted octanol–water partition coefficient (Wildman–Crippen LogP) is 5.17. The molecule has 1 aromatic heterocycles. The number of rotatable bonds is 6. The van der Waals surface area contributed by atoms with Gasteiger partial charge in [-0.15, -0.1) is 10.2 Å². The molecule has 1 atom stereocenters. The number of aromatic nitrogens is 2. The van der Waals surface area contributed by atoms with E-state index in [2.05, 4.69) is 26.1 Å². The van der Waals surface area contributed by atoms with Gasteiger partial charge in [0.25, 0.3) is 11.1 Å². The van der Waals surface area contributed by atoms with Crippen molar-refractivity contribution in [3.8, 4) is 17.2 Å². The van der Waals surface area contributed by atoms with Gasteiger partial charge in [-0.25, -0.2) is 4.39 Å². The second-order valence-corrected chi connectivity index (χ2v) is 7.75. The average Bonchev–Trinajstić information content (AvgIpc) is 3.17. The first kappa shape index (κ1) is 19.1. The van der Waals surface area contributed by atoms with Crippen molar-refractivity contribution in [3.05, 3.63) is 58.1 Å². The molecule has 1 aliphatic rings. The van der Waals surface area contributed by atoms with Crippen LogP contribution in [-0.4, -0.2) is 23.4 Å². The third-order valence-electron chi connectivity index (χ3n) is 3.97. The fourth-order valence-electron chi connectivity index (χ4n) is 2.58. The lowest BCUT2D eigenvalue weighted by Crippen LogP contribution is -2.15. The molecule has 146 valence electrons. The van der Waals surface area contributed by atoms with Crippen molar-refractivity contribution in [3.63, 3.8) is 0 Å². The smallest absolute Gasteiger partial charge is 0.277 e. The molecule has 4 rings (SSSR count). The van der Waals surface area contributed by atoms with Crippen LogP contribution < -0.4 is 14.2 Å². The highest BCUT2D eigenvalue weighted by Gasteiger charge is 2.19. The van der Waals surface area contributed by atoms with E-state index in [-0.39, 0.29) is 11.6 Å². The van der Waals surface area contributed by atoms with E-state index in [1.807, 2.05) is 12.1 Å². The zero-order valence-electron chi connectivity index (χ0n) is 14.9. The Morgan fingerprint density at radius 3 is 2.71 bits per heavy atom. The molecule has 3 aromatic rings. The van der Waals surface area contributed by atoms with Gasteiger partial charge in [0, 0.05) is 10.2 Å². The van der Waals surface area contributed by atoms with Crippen LogP contribution in [0.15, 0.2) is 50.5 Å². The van der Waals surface area contributed by atoms with E-state index in [1.54, 1.807) is 25.1 Å². The minimum absolute atomic E-state index is 0.141. The third kappa shape index (κ3) is 4.25. The minimum Gasteiger partial charge on any atom is -0.486 e. The van der Waals surface area contributed by atoms with Gasteiger partial charge in [0.2, 0.25) is 0 Å². The Balaban J connectivity index is 1.40. The molecule has 0 saturated heterocycles. The van der Waals surface area contributed by atoms with Crippen molar-refractivity contribution in [2.75, 3.05) is 13.2 Å². The summed E-state index contributed by atoms with van der Waals surface area (Å²) in [5, 5.41) is 8.44. The highest BCUT2D eigenvalue weighted by atomic mass is 79.9. The highest BCUT2D eigenvalue weighted by molar-refractivity contribution is 9.10. The van der Waals surface area contributed by atoms with Crippen molar-refractivity contribution in [1.82, 2.24) is 10.2 Å². The molecule has 1 aliphatic heterocycles. The maximum absolute atomic E-state index is 13.7. The van der Waals surface area contributed by atoms with Crippen LogP contribution in [0.3, 0.4) is 0 Å². The number of hydrogen-bond donors (Lipinski definition) is 0. The first-order valence-electron chi connectivity index (χ1n) is 8.55. The summed E-state index contributed by atoms with van der Waals surface area (Å²) >= 11 is 4.94. The molecular weight excluding hydrogens is 451 g/mol. The Labute approximate surface area is 173 Å². The van der Waals surface area contributed by atoms with Gasteiger partial charge in [-0.2, -0.15) is 0 Å². The van der Waals surface area contributed by atoms with Gasteiger partial charge in [-0.1, -0.05) is 39.8 Å². The molecule has 9 heteroatoms. The number of halogens is 2. The Hall–Kier alpha value is -2.26. The van der Waals surface area contributed by atoms with Gasteiger partial charge >= 0.3 is 0 Å². The molecule has 0 N–H and O–H groups in total. The number of hydrogen-bond acceptors (Lipinski definition) is 7. The second kappa shape index (κ2) is 8.40. The Bertz CT molecular complexity index is 984. The highest BCUT2D eigenvalue weighted by Crippen LogP contribution is 2.37. The molecule has 0 radical (unpaired) electrons. The molecule has 2 heterocycles. The molecule has 0 bridgehead atoms. The first-order chi connectivity index (χ1) is 13.6. The quantitative estimate of drug-likeness (QED) is 0.463. The number of nitrogens with zero attached hydrogens (tertiary/aromatic N) is 2. The second-order valence-electron chi connectivity index (χ2n) is 5.97. The third-order valence-corrected chi connectivity index (χ3v) is 5.58. The number of para-hydroxylation sites is 1. The lowest BCUT2D eigenvalue weighted by Gasteiger charge is -2.19. The maximum Gasteiger partial charge on any atom is 0.277 e. The molecule has 0 aliphatic carbocycles. The molecule has 0 spiro atoms. The standard InChI is InChI=1S/C19H16BrFN2O4S/c1-11(26-15-5-3-2-4-14(15)21)18-22-23-19(27-18)28-10-12-8-16-17(9-13(12)20)25-7-6-24-16/h2-5,8-9,11H,6-7,10H2,1H3. The SMILES string of the molecule is CC(Oc1ccccc1F)c1nnc(SCc2cc3c(cc2Br)OCCO3)o1. The van der Waals surface area contributed by atoms with Crippen molar-refractivity contribution >= 4 is 27.7 Å². The van der Waals surface area contributed by atoms with Gasteiger partial charge < -0.3 is 18.6 Å². The summed E-state index contributed by atoms with van der Waals surface area (Å²) in [5.41, 5.74) is 1.02. The first-order valence-corrected chi connectivity index (χ1v) is 10.3. The summed E-state index contributed by atoms with van der Waals surface area (Å²) < 4.78 is 37.0. The van der Waals surface area contributed by atoms with Crippen LogP contribution >= 0.6 is 27.7 Å². The molecule has 2 aromatic carbocycles. The van der Waals surface area contributed by atoms with Crippen molar-refractivity contribution in [2.45, 2.75) is 24.0 Å². The largest absolute Gasteiger partial charge is 0.486 e. The lowest BCUT2D eigenvalue weighted by atomic mass is 10.2. The van der Waals surface area contributed by atoms with Gasteiger partial charge in [-0.05, 0) is 36.8 Å². The molecule has 1 unspecified atom stereocenters. The monoisotopic (exact) mass is 466 g/mol. The van der Waals surface area contributed by atoms with Crippen LogP contribution in [0, 0.1) is 5.82 Å². The zero-order valence-corrected chi connectivity index (χ0v) is 17.3.